The van der Waals surface area contributed by atoms with E-state index in [-0.39, 0.29) is 0 Å². The molecule has 1 aromatic carbocycles. The topological polar surface area (TPSA) is 32.5 Å². The van der Waals surface area contributed by atoms with Gasteiger partial charge in [-0.2, -0.15) is 0 Å². The molecule has 3 nitrogen and oxygen atoms in total. The van der Waals surface area contributed by atoms with Crippen molar-refractivity contribution in [3.8, 4) is 0 Å². The Bertz CT molecular complexity index is 393. The number of benzene rings is 1. The van der Waals surface area contributed by atoms with Crippen LogP contribution in [0.1, 0.15) is 30.4 Å². The van der Waals surface area contributed by atoms with Gasteiger partial charge in [0, 0.05) is 25.2 Å². The minimum Gasteiger partial charge on any atom is -0.326 e. The molecule has 1 saturated carbocycles. The van der Waals surface area contributed by atoms with Crippen LogP contribution in [0.5, 0.6) is 0 Å². The first-order chi connectivity index (χ1) is 9.05. The zero-order chi connectivity index (χ0) is 13.9. The Labute approximate surface area is 117 Å². The molecular weight excluding hydrogens is 234 g/mol. The normalized spacial score (nSPS) is 17.8. The summed E-state index contributed by atoms with van der Waals surface area (Å²) in [7, 11) is 6.65. The van der Waals surface area contributed by atoms with Gasteiger partial charge >= 0.3 is 0 Å². The quantitative estimate of drug-likeness (QED) is 0.851. The molecule has 0 bridgehead atoms. The molecule has 0 radical (unpaired) electrons. The lowest BCUT2D eigenvalue weighted by Gasteiger charge is -2.49. The standard InChI is InChI=1S/C16H27N3/c1-18(2)16(9-4-10-16)13-19(3)12-15-7-5-14(11-17)6-8-15/h5-8H,4,9-13,17H2,1-3H3. The molecule has 0 spiro atoms. The molecule has 1 aliphatic rings. The Morgan fingerprint density at radius 2 is 1.63 bits per heavy atom. The highest BCUT2D eigenvalue weighted by Crippen LogP contribution is 2.36. The van der Waals surface area contributed by atoms with Crippen molar-refractivity contribution in [1.29, 1.82) is 0 Å². The number of nitrogens with two attached hydrogens (primary N) is 1. The van der Waals surface area contributed by atoms with Crippen molar-refractivity contribution < 1.29 is 0 Å². The van der Waals surface area contributed by atoms with Crippen molar-refractivity contribution in [2.45, 2.75) is 37.9 Å². The largest absolute Gasteiger partial charge is 0.326 e. The molecule has 0 saturated heterocycles. The molecule has 19 heavy (non-hydrogen) atoms. The molecule has 2 rings (SSSR count). The van der Waals surface area contributed by atoms with Crippen LogP contribution in [0.2, 0.25) is 0 Å². The molecule has 1 aliphatic carbocycles. The predicted octanol–water partition coefficient (Wildman–Crippen LogP) is 2.06. The summed E-state index contributed by atoms with van der Waals surface area (Å²) in [6.07, 6.45) is 4.03. The fraction of sp³-hybridized carbons (Fsp3) is 0.625. The summed E-state index contributed by atoms with van der Waals surface area (Å²) in [4.78, 5) is 4.85. The van der Waals surface area contributed by atoms with Gasteiger partial charge in [0.1, 0.15) is 0 Å². The fourth-order valence-corrected chi connectivity index (χ4v) is 2.98. The van der Waals surface area contributed by atoms with E-state index < -0.39 is 0 Å². The monoisotopic (exact) mass is 261 g/mol. The average Bonchev–Trinajstić information content (AvgIpc) is 2.34. The molecule has 0 aliphatic heterocycles. The lowest BCUT2D eigenvalue weighted by atomic mass is 9.75. The number of likely N-dealkylation sites (N-methyl/N-ethyl adjacent to an activating group) is 2. The average molecular weight is 261 g/mol. The molecule has 0 amide bonds. The molecule has 0 heterocycles. The van der Waals surface area contributed by atoms with Crippen LogP contribution in [0, 0.1) is 0 Å². The van der Waals surface area contributed by atoms with E-state index in [1.165, 1.54) is 30.4 Å². The molecular formula is C16H27N3. The molecule has 0 atom stereocenters. The van der Waals surface area contributed by atoms with Gasteiger partial charge in [-0.1, -0.05) is 24.3 Å². The zero-order valence-corrected chi connectivity index (χ0v) is 12.5. The summed E-state index contributed by atoms with van der Waals surface area (Å²) < 4.78 is 0. The first kappa shape index (κ1) is 14.5. The van der Waals surface area contributed by atoms with Gasteiger partial charge in [0.25, 0.3) is 0 Å². The Morgan fingerprint density at radius 1 is 1.05 bits per heavy atom. The van der Waals surface area contributed by atoms with Crippen LogP contribution in [0.15, 0.2) is 24.3 Å². The minimum atomic E-state index is 0.409. The fourth-order valence-electron chi connectivity index (χ4n) is 2.98. The Hall–Kier alpha value is -0.900. The molecule has 0 aromatic heterocycles. The summed E-state index contributed by atoms with van der Waals surface area (Å²) in [6.45, 7) is 2.79. The van der Waals surface area contributed by atoms with Crippen molar-refractivity contribution in [2.75, 3.05) is 27.7 Å². The zero-order valence-electron chi connectivity index (χ0n) is 12.5. The maximum absolute atomic E-state index is 5.63. The van der Waals surface area contributed by atoms with E-state index in [9.17, 15) is 0 Å². The third kappa shape index (κ3) is 3.35. The van der Waals surface area contributed by atoms with Gasteiger partial charge < -0.3 is 15.5 Å². The van der Waals surface area contributed by atoms with Crippen LogP contribution in [-0.4, -0.2) is 43.0 Å². The number of hydrogen-bond donors (Lipinski definition) is 1. The maximum atomic E-state index is 5.63. The highest BCUT2D eigenvalue weighted by molar-refractivity contribution is 5.22. The summed E-state index contributed by atoms with van der Waals surface area (Å²) in [5, 5.41) is 0. The Morgan fingerprint density at radius 3 is 2.05 bits per heavy atom. The van der Waals surface area contributed by atoms with Crippen LogP contribution in [0.4, 0.5) is 0 Å². The van der Waals surface area contributed by atoms with Crippen LogP contribution in [-0.2, 0) is 13.1 Å². The van der Waals surface area contributed by atoms with Crippen molar-refractivity contribution in [1.82, 2.24) is 9.80 Å². The minimum absolute atomic E-state index is 0.409. The van der Waals surface area contributed by atoms with Crippen molar-refractivity contribution in [3.63, 3.8) is 0 Å². The van der Waals surface area contributed by atoms with Gasteiger partial charge in [0.05, 0.1) is 0 Å². The van der Waals surface area contributed by atoms with Crippen LogP contribution in [0.25, 0.3) is 0 Å². The number of rotatable bonds is 6. The number of hydrogen-bond acceptors (Lipinski definition) is 3. The van der Waals surface area contributed by atoms with Gasteiger partial charge in [-0.05, 0) is 51.5 Å². The third-order valence-electron chi connectivity index (χ3n) is 4.51. The van der Waals surface area contributed by atoms with E-state index in [1.54, 1.807) is 0 Å². The van der Waals surface area contributed by atoms with E-state index in [4.69, 9.17) is 5.73 Å². The second-order valence-corrected chi connectivity index (χ2v) is 6.17. The molecule has 3 heteroatoms. The highest BCUT2D eigenvalue weighted by Gasteiger charge is 2.39. The van der Waals surface area contributed by atoms with Crippen molar-refractivity contribution >= 4 is 0 Å². The van der Waals surface area contributed by atoms with E-state index >= 15 is 0 Å². The lowest BCUT2D eigenvalue weighted by molar-refractivity contribution is 0.0259. The SMILES string of the molecule is CN(Cc1ccc(CN)cc1)CC1(N(C)C)CCC1. The van der Waals surface area contributed by atoms with Crippen molar-refractivity contribution in [3.05, 3.63) is 35.4 Å². The molecule has 1 aromatic rings. The Kier molecular flexibility index (Phi) is 4.61. The Balaban J connectivity index is 1.91. The third-order valence-corrected chi connectivity index (χ3v) is 4.51. The number of nitrogens with zero attached hydrogens (tertiary/aromatic N) is 2. The van der Waals surface area contributed by atoms with Gasteiger partial charge in [0.15, 0.2) is 0 Å². The predicted molar refractivity (Wildman–Crippen MR) is 80.9 cm³/mol. The summed E-state index contributed by atoms with van der Waals surface area (Å²) in [5.41, 5.74) is 8.61. The maximum Gasteiger partial charge on any atom is 0.0330 e. The van der Waals surface area contributed by atoms with Crippen LogP contribution in [0.3, 0.4) is 0 Å². The second-order valence-electron chi connectivity index (χ2n) is 6.17. The molecule has 1 fully saturated rings. The van der Waals surface area contributed by atoms with Crippen LogP contribution >= 0.6 is 0 Å². The first-order valence-electron chi connectivity index (χ1n) is 7.20. The summed E-state index contributed by atoms with van der Waals surface area (Å²) in [5.74, 6) is 0. The molecule has 2 N–H and O–H groups in total. The van der Waals surface area contributed by atoms with Gasteiger partial charge in [-0.25, -0.2) is 0 Å². The van der Waals surface area contributed by atoms with Crippen molar-refractivity contribution in [2.24, 2.45) is 5.73 Å². The van der Waals surface area contributed by atoms with Gasteiger partial charge in [-0.15, -0.1) is 0 Å². The second kappa shape index (κ2) is 6.04. The van der Waals surface area contributed by atoms with E-state index in [0.717, 1.165) is 13.1 Å². The molecule has 0 unspecified atom stereocenters. The van der Waals surface area contributed by atoms with Gasteiger partial charge in [0.2, 0.25) is 0 Å². The molecule has 106 valence electrons. The van der Waals surface area contributed by atoms with Crippen LogP contribution < -0.4 is 5.73 Å². The van der Waals surface area contributed by atoms with E-state index in [1.807, 2.05) is 0 Å². The van der Waals surface area contributed by atoms with Gasteiger partial charge in [-0.3, -0.25) is 0 Å². The first-order valence-corrected chi connectivity index (χ1v) is 7.20. The summed E-state index contributed by atoms with van der Waals surface area (Å²) >= 11 is 0. The smallest absolute Gasteiger partial charge is 0.0330 e. The summed E-state index contributed by atoms with van der Waals surface area (Å²) in [6, 6.07) is 8.66. The lowest BCUT2D eigenvalue weighted by Crippen LogP contribution is -2.56. The highest BCUT2D eigenvalue weighted by atomic mass is 15.2. The van der Waals surface area contributed by atoms with E-state index in [0.29, 0.717) is 12.1 Å². The van der Waals surface area contributed by atoms with E-state index in [2.05, 4.69) is 55.2 Å².